The minimum atomic E-state index is -1.02. The molecule has 3 rings (SSSR count). The van der Waals surface area contributed by atoms with Crippen LogP contribution in [0, 0.1) is 0 Å². The summed E-state index contributed by atoms with van der Waals surface area (Å²) in [6, 6.07) is 22.6. The molecule has 0 radical (unpaired) electrons. The summed E-state index contributed by atoms with van der Waals surface area (Å²) >= 11 is 1.62. The summed E-state index contributed by atoms with van der Waals surface area (Å²) in [6.45, 7) is 0. The fourth-order valence-corrected chi connectivity index (χ4v) is 3.19. The van der Waals surface area contributed by atoms with E-state index in [1.807, 2.05) is 54.6 Å². The zero-order valence-corrected chi connectivity index (χ0v) is 13.6. The van der Waals surface area contributed by atoms with Crippen LogP contribution in [0.5, 0.6) is 0 Å². The summed E-state index contributed by atoms with van der Waals surface area (Å²) < 4.78 is 0. The van der Waals surface area contributed by atoms with Gasteiger partial charge in [0, 0.05) is 15.5 Å². The van der Waals surface area contributed by atoms with Crippen LogP contribution >= 0.6 is 11.8 Å². The lowest BCUT2D eigenvalue weighted by Crippen LogP contribution is -2.04. The van der Waals surface area contributed by atoms with E-state index in [1.165, 1.54) is 6.07 Å². The Morgan fingerprint density at radius 2 is 1.62 bits per heavy atom. The average molecular weight is 336 g/mol. The van der Waals surface area contributed by atoms with E-state index in [-0.39, 0.29) is 5.56 Å². The lowest BCUT2D eigenvalue weighted by molar-refractivity contribution is 0.0698. The van der Waals surface area contributed by atoms with Gasteiger partial charge >= 0.3 is 5.97 Å². The van der Waals surface area contributed by atoms with Gasteiger partial charge in [-0.25, -0.2) is 4.79 Å². The number of aromatic carboxylic acids is 1. The molecule has 120 valence electrons. The van der Waals surface area contributed by atoms with E-state index >= 15 is 0 Å². The first kappa shape index (κ1) is 16.0. The maximum atomic E-state index is 11.4. The predicted molar refractivity (Wildman–Crippen MR) is 98.1 cm³/mol. The predicted octanol–water partition coefficient (Wildman–Crippen LogP) is 4.86. The molecule has 5 heteroatoms. The third-order valence-corrected chi connectivity index (χ3v) is 4.49. The number of hydrogen-bond acceptors (Lipinski definition) is 4. The third-order valence-electron chi connectivity index (χ3n) is 3.40. The highest BCUT2D eigenvalue weighted by molar-refractivity contribution is 7.99. The monoisotopic (exact) mass is 336 g/mol. The van der Waals surface area contributed by atoms with Crippen LogP contribution in [0.25, 0.3) is 0 Å². The van der Waals surface area contributed by atoms with Crippen molar-refractivity contribution in [2.24, 2.45) is 0 Å². The quantitative estimate of drug-likeness (QED) is 0.580. The van der Waals surface area contributed by atoms with Gasteiger partial charge in [-0.2, -0.15) is 0 Å². The second-order valence-electron chi connectivity index (χ2n) is 5.15. The van der Waals surface area contributed by atoms with Crippen molar-refractivity contribution >= 4 is 34.8 Å². The molecule has 0 aliphatic heterocycles. The Morgan fingerprint density at radius 3 is 2.38 bits per heavy atom. The van der Waals surface area contributed by atoms with Gasteiger partial charge in [-0.15, -0.1) is 0 Å². The zero-order valence-electron chi connectivity index (χ0n) is 12.8. The van der Waals surface area contributed by atoms with Gasteiger partial charge in [0.2, 0.25) is 0 Å². The molecule has 0 saturated carbocycles. The molecule has 0 atom stereocenters. The van der Waals surface area contributed by atoms with E-state index in [0.717, 1.165) is 15.5 Å². The molecule has 24 heavy (non-hydrogen) atoms. The Balaban J connectivity index is 1.93. The van der Waals surface area contributed by atoms with Crippen molar-refractivity contribution in [2.45, 2.75) is 9.79 Å². The number of anilines is 3. The largest absolute Gasteiger partial charge is 0.478 e. The summed E-state index contributed by atoms with van der Waals surface area (Å²) in [5.41, 5.74) is 7.62. The van der Waals surface area contributed by atoms with Crippen molar-refractivity contribution in [3.63, 3.8) is 0 Å². The molecular formula is C19H16N2O2S. The Kier molecular flexibility index (Phi) is 4.72. The third kappa shape index (κ3) is 3.70. The van der Waals surface area contributed by atoms with E-state index in [4.69, 9.17) is 5.73 Å². The number of benzene rings is 3. The maximum absolute atomic E-state index is 11.4. The van der Waals surface area contributed by atoms with E-state index < -0.39 is 5.97 Å². The molecule has 0 aromatic heterocycles. The van der Waals surface area contributed by atoms with Crippen LogP contribution in [0.15, 0.2) is 82.6 Å². The van der Waals surface area contributed by atoms with Crippen molar-refractivity contribution in [3.05, 3.63) is 78.4 Å². The van der Waals surface area contributed by atoms with Crippen LogP contribution in [0.1, 0.15) is 10.4 Å². The Morgan fingerprint density at radius 1 is 0.917 bits per heavy atom. The Bertz CT molecular complexity index is 866. The molecule has 0 fully saturated rings. The van der Waals surface area contributed by atoms with Gasteiger partial charge in [0.1, 0.15) is 0 Å². The molecule has 3 aromatic carbocycles. The number of carboxylic acids is 1. The molecule has 4 nitrogen and oxygen atoms in total. The first-order chi connectivity index (χ1) is 11.6. The number of carbonyl (C=O) groups is 1. The van der Waals surface area contributed by atoms with E-state index in [0.29, 0.717) is 11.4 Å². The van der Waals surface area contributed by atoms with Gasteiger partial charge in [-0.3, -0.25) is 0 Å². The fourth-order valence-electron chi connectivity index (χ4n) is 2.27. The molecule has 0 aliphatic carbocycles. The molecule has 0 unspecified atom stereocenters. The van der Waals surface area contributed by atoms with Gasteiger partial charge < -0.3 is 16.2 Å². The summed E-state index contributed by atoms with van der Waals surface area (Å²) in [5.74, 6) is -1.02. The summed E-state index contributed by atoms with van der Waals surface area (Å²) in [4.78, 5) is 13.6. The summed E-state index contributed by atoms with van der Waals surface area (Å²) in [7, 11) is 0. The van der Waals surface area contributed by atoms with Gasteiger partial charge in [0.15, 0.2) is 0 Å². The highest BCUT2D eigenvalue weighted by atomic mass is 32.2. The van der Waals surface area contributed by atoms with Crippen LogP contribution in [0.3, 0.4) is 0 Å². The Labute approximate surface area is 144 Å². The van der Waals surface area contributed by atoms with E-state index in [2.05, 4.69) is 5.32 Å². The number of hydrogen-bond donors (Lipinski definition) is 3. The van der Waals surface area contributed by atoms with E-state index in [9.17, 15) is 9.90 Å². The number of nitrogens with two attached hydrogens (primary N) is 1. The molecule has 0 spiro atoms. The highest BCUT2D eigenvalue weighted by Crippen LogP contribution is 2.35. The van der Waals surface area contributed by atoms with Crippen molar-refractivity contribution in [3.8, 4) is 0 Å². The summed E-state index contributed by atoms with van der Waals surface area (Å²) in [5, 5.41) is 12.6. The van der Waals surface area contributed by atoms with Crippen molar-refractivity contribution in [1.29, 1.82) is 0 Å². The molecule has 0 saturated heterocycles. The smallest absolute Gasteiger partial charge is 0.337 e. The van der Waals surface area contributed by atoms with Gasteiger partial charge in [-0.1, -0.05) is 42.1 Å². The van der Waals surface area contributed by atoms with Crippen LogP contribution in [0.2, 0.25) is 0 Å². The molecule has 4 N–H and O–H groups in total. The van der Waals surface area contributed by atoms with Crippen LogP contribution in [-0.4, -0.2) is 11.1 Å². The zero-order chi connectivity index (χ0) is 16.9. The maximum Gasteiger partial charge on any atom is 0.337 e. The van der Waals surface area contributed by atoms with Crippen molar-refractivity contribution in [1.82, 2.24) is 0 Å². The minimum Gasteiger partial charge on any atom is -0.478 e. The molecule has 0 bridgehead atoms. The molecule has 0 heterocycles. The molecular weight excluding hydrogens is 320 g/mol. The first-order valence-corrected chi connectivity index (χ1v) is 8.17. The van der Waals surface area contributed by atoms with Crippen LogP contribution in [0.4, 0.5) is 17.1 Å². The second-order valence-corrected chi connectivity index (χ2v) is 6.26. The topological polar surface area (TPSA) is 75.3 Å². The minimum absolute atomic E-state index is 0.148. The van der Waals surface area contributed by atoms with Crippen molar-refractivity contribution < 1.29 is 9.90 Å². The summed E-state index contributed by atoms with van der Waals surface area (Å²) in [6.07, 6.45) is 0. The van der Waals surface area contributed by atoms with Gasteiger partial charge in [-0.05, 0) is 42.5 Å². The van der Waals surface area contributed by atoms with Crippen LogP contribution < -0.4 is 11.1 Å². The number of para-hydroxylation sites is 1. The number of carboxylic acid groups (broad SMARTS) is 1. The van der Waals surface area contributed by atoms with Gasteiger partial charge in [0.05, 0.1) is 16.9 Å². The van der Waals surface area contributed by atoms with Crippen molar-refractivity contribution in [2.75, 3.05) is 11.1 Å². The standard InChI is InChI=1S/C19H16N2O2S/c20-13-10-11-16(15(12-13)19(22)23)21-17-8-4-5-9-18(17)24-14-6-2-1-3-7-14/h1-12,21H,20H2,(H,22,23). The number of rotatable bonds is 5. The fraction of sp³-hybridized carbons (Fsp3) is 0. The average Bonchev–Trinajstić information content (AvgIpc) is 2.59. The van der Waals surface area contributed by atoms with E-state index in [1.54, 1.807) is 23.9 Å². The second kappa shape index (κ2) is 7.10. The first-order valence-electron chi connectivity index (χ1n) is 7.35. The molecule has 0 aliphatic rings. The molecule has 0 amide bonds. The van der Waals surface area contributed by atoms with Crippen LogP contribution in [-0.2, 0) is 0 Å². The lowest BCUT2D eigenvalue weighted by Gasteiger charge is -2.14. The number of nitrogens with one attached hydrogen (secondary N) is 1. The lowest BCUT2D eigenvalue weighted by atomic mass is 10.1. The normalized spacial score (nSPS) is 10.3. The SMILES string of the molecule is Nc1ccc(Nc2ccccc2Sc2ccccc2)c(C(=O)O)c1. The Hall–Kier alpha value is -2.92. The number of nitrogen functional groups attached to an aromatic ring is 1. The van der Waals surface area contributed by atoms with Gasteiger partial charge in [0.25, 0.3) is 0 Å². The highest BCUT2D eigenvalue weighted by Gasteiger charge is 2.12. The molecule has 3 aromatic rings.